The third-order valence-electron chi connectivity index (χ3n) is 5.48. The van der Waals surface area contributed by atoms with E-state index in [1.54, 1.807) is 0 Å². The van der Waals surface area contributed by atoms with Crippen LogP contribution >= 0.6 is 0 Å². The minimum atomic E-state index is -0.146. The first-order valence-corrected chi connectivity index (χ1v) is 10.6. The Labute approximate surface area is 183 Å². The van der Waals surface area contributed by atoms with Crippen LogP contribution in [0.4, 0.5) is 0 Å². The summed E-state index contributed by atoms with van der Waals surface area (Å²) in [4.78, 5) is 13.4. The number of aryl methyl sites for hydroxylation is 2. The monoisotopic (exact) mass is 412 g/mol. The highest BCUT2D eigenvalue weighted by Crippen LogP contribution is 2.33. The van der Waals surface area contributed by atoms with Crippen LogP contribution in [0.25, 0.3) is 22.3 Å². The van der Waals surface area contributed by atoms with E-state index in [1.807, 2.05) is 62.4 Å². The molecular weight excluding hydrogens is 384 g/mol. The summed E-state index contributed by atoms with van der Waals surface area (Å²) in [6, 6.07) is 21.9. The third kappa shape index (κ3) is 4.41. The lowest BCUT2D eigenvalue weighted by Gasteiger charge is -2.19. The van der Waals surface area contributed by atoms with Gasteiger partial charge in [0.1, 0.15) is 12.2 Å². The summed E-state index contributed by atoms with van der Waals surface area (Å²) in [5, 5.41) is 0.536. The first-order valence-electron chi connectivity index (χ1n) is 10.6. The predicted octanol–water partition coefficient (Wildman–Crippen LogP) is 6.95. The highest BCUT2D eigenvalue weighted by Gasteiger charge is 2.19. The molecule has 31 heavy (non-hydrogen) atoms. The van der Waals surface area contributed by atoms with E-state index >= 15 is 0 Å². The summed E-state index contributed by atoms with van der Waals surface area (Å²) in [7, 11) is 0. The van der Waals surface area contributed by atoms with Gasteiger partial charge in [-0.15, -0.1) is 0 Å². The van der Waals surface area contributed by atoms with E-state index in [0.29, 0.717) is 23.3 Å². The zero-order valence-electron chi connectivity index (χ0n) is 18.8. The fraction of sp³-hybridized carbons (Fsp3) is 0.250. The van der Waals surface area contributed by atoms with Crippen molar-refractivity contribution in [2.45, 2.75) is 46.6 Å². The van der Waals surface area contributed by atoms with Crippen LogP contribution < -0.4 is 10.2 Å². The Hall–Kier alpha value is -3.33. The van der Waals surface area contributed by atoms with E-state index in [4.69, 9.17) is 9.15 Å². The summed E-state index contributed by atoms with van der Waals surface area (Å²) < 4.78 is 12.3. The SMILES string of the molecule is Cc1cccc(COc2c(-c3ccc(C(C)(C)C)cc3)oc3ccc(C)cc3c2=O)c1. The molecule has 0 saturated heterocycles. The van der Waals surface area contributed by atoms with Crippen LogP contribution in [-0.4, -0.2) is 0 Å². The maximum Gasteiger partial charge on any atom is 0.235 e. The van der Waals surface area contributed by atoms with E-state index in [0.717, 1.165) is 22.3 Å². The lowest BCUT2D eigenvalue weighted by atomic mass is 9.86. The largest absolute Gasteiger partial charge is 0.481 e. The van der Waals surface area contributed by atoms with Gasteiger partial charge in [0.05, 0.1) is 5.39 Å². The van der Waals surface area contributed by atoms with E-state index < -0.39 is 0 Å². The molecule has 0 saturated carbocycles. The number of rotatable bonds is 4. The summed E-state index contributed by atoms with van der Waals surface area (Å²) in [5.74, 6) is 0.720. The number of hydrogen-bond donors (Lipinski definition) is 0. The van der Waals surface area contributed by atoms with Gasteiger partial charge in [-0.2, -0.15) is 0 Å². The lowest BCUT2D eigenvalue weighted by Crippen LogP contribution is -2.11. The van der Waals surface area contributed by atoms with Gasteiger partial charge in [0.25, 0.3) is 0 Å². The van der Waals surface area contributed by atoms with Crippen molar-refractivity contribution >= 4 is 11.0 Å². The number of ether oxygens (including phenoxy) is 1. The zero-order chi connectivity index (χ0) is 22.2. The van der Waals surface area contributed by atoms with E-state index in [9.17, 15) is 4.79 Å². The van der Waals surface area contributed by atoms with Crippen LogP contribution in [0.15, 0.2) is 75.9 Å². The number of fused-ring (bicyclic) bond motifs is 1. The second-order valence-electron chi connectivity index (χ2n) is 9.19. The Morgan fingerprint density at radius 3 is 2.26 bits per heavy atom. The average Bonchev–Trinajstić information content (AvgIpc) is 2.73. The average molecular weight is 413 g/mol. The smallest absolute Gasteiger partial charge is 0.235 e. The van der Waals surface area contributed by atoms with Crippen molar-refractivity contribution in [3.8, 4) is 17.1 Å². The van der Waals surface area contributed by atoms with Crippen molar-refractivity contribution in [2.75, 3.05) is 0 Å². The van der Waals surface area contributed by atoms with Crippen LogP contribution in [0.3, 0.4) is 0 Å². The van der Waals surface area contributed by atoms with Gasteiger partial charge in [-0.05, 0) is 42.5 Å². The predicted molar refractivity (Wildman–Crippen MR) is 127 cm³/mol. The molecule has 3 nitrogen and oxygen atoms in total. The molecule has 0 unspecified atom stereocenters. The molecule has 0 atom stereocenters. The molecular formula is C28H28O3. The molecule has 0 aliphatic heterocycles. The minimum Gasteiger partial charge on any atom is -0.481 e. The van der Waals surface area contributed by atoms with Crippen LogP contribution in [0.1, 0.15) is 43.0 Å². The molecule has 0 radical (unpaired) electrons. The topological polar surface area (TPSA) is 39.4 Å². The highest BCUT2D eigenvalue weighted by atomic mass is 16.5. The Morgan fingerprint density at radius 1 is 0.871 bits per heavy atom. The van der Waals surface area contributed by atoms with Gasteiger partial charge in [-0.3, -0.25) is 4.79 Å². The summed E-state index contributed by atoms with van der Waals surface area (Å²) in [6.07, 6.45) is 0. The van der Waals surface area contributed by atoms with E-state index in [1.165, 1.54) is 5.56 Å². The summed E-state index contributed by atoms with van der Waals surface area (Å²) >= 11 is 0. The number of hydrogen-bond acceptors (Lipinski definition) is 3. The first kappa shape index (κ1) is 20.9. The van der Waals surface area contributed by atoms with Crippen LogP contribution in [0, 0.1) is 13.8 Å². The molecule has 0 amide bonds. The molecule has 0 aliphatic rings. The highest BCUT2D eigenvalue weighted by molar-refractivity contribution is 5.82. The van der Waals surface area contributed by atoms with Gasteiger partial charge in [0, 0.05) is 5.56 Å². The fourth-order valence-electron chi connectivity index (χ4n) is 3.69. The second-order valence-corrected chi connectivity index (χ2v) is 9.19. The second kappa shape index (κ2) is 8.07. The number of benzene rings is 3. The van der Waals surface area contributed by atoms with Gasteiger partial charge < -0.3 is 9.15 Å². The van der Waals surface area contributed by atoms with Crippen LogP contribution in [0.5, 0.6) is 5.75 Å². The van der Waals surface area contributed by atoms with Crippen molar-refractivity contribution in [2.24, 2.45) is 0 Å². The molecule has 0 fully saturated rings. The molecule has 4 rings (SSSR count). The Kier molecular flexibility index (Phi) is 5.45. The third-order valence-corrected chi connectivity index (χ3v) is 5.48. The molecule has 4 aromatic rings. The summed E-state index contributed by atoms with van der Waals surface area (Å²) in [5.41, 5.74) is 5.68. The molecule has 3 aromatic carbocycles. The molecule has 0 N–H and O–H groups in total. The normalized spacial score (nSPS) is 11.6. The molecule has 0 spiro atoms. The Balaban J connectivity index is 1.83. The molecule has 0 aliphatic carbocycles. The standard InChI is InChI=1S/C28H28O3/c1-18-7-6-8-20(15-18)17-30-27-25(29)23-16-19(2)9-14-24(23)31-26(27)21-10-12-22(13-11-21)28(3,4)5/h6-16H,17H2,1-5H3. The molecule has 1 heterocycles. The first-order chi connectivity index (χ1) is 14.7. The van der Waals surface area contributed by atoms with Gasteiger partial charge in [-0.1, -0.05) is 86.5 Å². The van der Waals surface area contributed by atoms with Crippen LogP contribution in [0.2, 0.25) is 0 Å². The molecule has 1 aromatic heterocycles. The maximum atomic E-state index is 13.4. The van der Waals surface area contributed by atoms with Gasteiger partial charge in [0.2, 0.25) is 11.2 Å². The zero-order valence-corrected chi connectivity index (χ0v) is 18.8. The van der Waals surface area contributed by atoms with Gasteiger partial charge in [-0.25, -0.2) is 0 Å². The minimum absolute atomic E-state index is 0.0464. The van der Waals surface area contributed by atoms with Crippen molar-refractivity contribution in [1.82, 2.24) is 0 Å². The maximum absolute atomic E-state index is 13.4. The van der Waals surface area contributed by atoms with Gasteiger partial charge >= 0.3 is 0 Å². The quantitative estimate of drug-likeness (QED) is 0.364. The van der Waals surface area contributed by atoms with E-state index in [-0.39, 0.29) is 16.6 Å². The Morgan fingerprint density at radius 2 is 1.58 bits per heavy atom. The Bertz CT molecular complexity index is 1290. The molecule has 3 heteroatoms. The van der Waals surface area contributed by atoms with Crippen molar-refractivity contribution in [3.05, 3.63) is 99.2 Å². The lowest BCUT2D eigenvalue weighted by molar-refractivity contribution is 0.298. The van der Waals surface area contributed by atoms with E-state index in [2.05, 4.69) is 39.0 Å². The molecule has 0 bridgehead atoms. The van der Waals surface area contributed by atoms with Crippen molar-refractivity contribution in [1.29, 1.82) is 0 Å². The van der Waals surface area contributed by atoms with Gasteiger partial charge in [0.15, 0.2) is 5.76 Å². The summed E-state index contributed by atoms with van der Waals surface area (Å²) in [6.45, 7) is 10.8. The van der Waals surface area contributed by atoms with Crippen molar-refractivity contribution < 1.29 is 9.15 Å². The van der Waals surface area contributed by atoms with Crippen molar-refractivity contribution in [3.63, 3.8) is 0 Å². The fourth-order valence-corrected chi connectivity index (χ4v) is 3.69. The molecule has 158 valence electrons. The van der Waals surface area contributed by atoms with Crippen LogP contribution in [-0.2, 0) is 12.0 Å².